The third-order valence-corrected chi connectivity index (χ3v) is 5.15. The quantitative estimate of drug-likeness (QED) is 0.833. The van der Waals surface area contributed by atoms with E-state index in [0.717, 1.165) is 22.7 Å². The van der Waals surface area contributed by atoms with Crippen molar-refractivity contribution in [2.45, 2.75) is 52.1 Å². The van der Waals surface area contributed by atoms with Crippen LogP contribution in [0.15, 0.2) is 22.7 Å². The molecule has 1 aromatic rings. The van der Waals surface area contributed by atoms with Crippen molar-refractivity contribution in [2.24, 2.45) is 5.41 Å². The predicted octanol–water partition coefficient (Wildman–Crippen LogP) is 4.43. The molecule has 0 unspecified atom stereocenters. The van der Waals surface area contributed by atoms with Gasteiger partial charge in [-0.25, -0.2) is 0 Å². The zero-order valence-corrected chi connectivity index (χ0v) is 13.8. The molecule has 19 heavy (non-hydrogen) atoms. The molecule has 0 radical (unpaired) electrons. The zero-order valence-electron chi connectivity index (χ0n) is 12.2. The molecule has 0 saturated heterocycles. The number of anilines is 1. The molecule has 1 aliphatic rings. The fraction of sp³-hybridized carbons (Fsp3) is 0.625. The second-order valence-corrected chi connectivity index (χ2v) is 7.52. The number of nitrogen functional groups attached to an aromatic ring is 1. The van der Waals surface area contributed by atoms with Crippen LogP contribution >= 0.6 is 15.9 Å². The summed E-state index contributed by atoms with van der Waals surface area (Å²) in [4.78, 5) is 2.48. The smallest absolute Gasteiger partial charge is 0.0461 e. The van der Waals surface area contributed by atoms with Gasteiger partial charge in [0.05, 0.1) is 0 Å². The van der Waals surface area contributed by atoms with Crippen molar-refractivity contribution in [1.29, 1.82) is 0 Å². The van der Waals surface area contributed by atoms with E-state index < -0.39 is 0 Å². The molecule has 0 bridgehead atoms. The van der Waals surface area contributed by atoms with Crippen LogP contribution in [0.25, 0.3) is 0 Å². The van der Waals surface area contributed by atoms with E-state index in [-0.39, 0.29) is 0 Å². The standard InChI is InChI=1S/C16H25BrN2/c1-16(2)8-6-13(7-9-16)19(3)11-12-4-5-14(17)15(18)10-12/h4-5,10,13H,6-9,11,18H2,1-3H3. The lowest BCUT2D eigenvalue weighted by Gasteiger charge is -2.38. The van der Waals surface area contributed by atoms with Crippen LogP contribution in [0.2, 0.25) is 0 Å². The van der Waals surface area contributed by atoms with Gasteiger partial charge in [-0.2, -0.15) is 0 Å². The third-order valence-electron chi connectivity index (χ3n) is 4.42. The molecule has 0 spiro atoms. The number of benzene rings is 1. The minimum atomic E-state index is 0.541. The number of hydrogen-bond acceptors (Lipinski definition) is 2. The molecule has 1 fully saturated rings. The van der Waals surface area contributed by atoms with Gasteiger partial charge in [-0.1, -0.05) is 19.9 Å². The van der Waals surface area contributed by atoms with Crippen LogP contribution in [0.1, 0.15) is 45.1 Å². The fourth-order valence-electron chi connectivity index (χ4n) is 2.93. The number of hydrogen-bond donors (Lipinski definition) is 1. The Hall–Kier alpha value is -0.540. The maximum Gasteiger partial charge on any atom is 0.0461 e. The Bertz CT molecular complexity index is 432. The van der Waals surface area contributed by atoms with Crippen molar-refractivity contribution < 1.29 is 0 Å². The summed E-state index contributed by atoms with van der Waals surface area (Å²) in [7, 11) is 2.24. The molecule has 2 nitrogen and oxygen atoms in total. The maximum absolute atomic E-state index is 5.94. The van der Waals surface area contributed by atoms with Crippen molar-refractivity contribution in [2.75, 3.05) is 12.8 Å². The van der Waals surface area contributed by atoms with Gasteiger partial charge in [0.15, 0.2) is 0 Å². The monoisotopic (exact) mass is 324 g/mol. The predicted molar refractivity (Wildman–Crippen MR) is 86.1 cm³/mol. The topological polar surface area (TPSA) is 29.3 Å². The highest BCUT2D eigenvalue weighted by Gasteiger charge is 2.28. The molecule has 3 heteroatoms. The Kier molecular flexibility index (Phi) is 4.57. The first-order chi connectivity index (χ1) is 8.87. The Morgan fingerprint density at radius 1 is 1.32 bits per heavy atom. The zero-order chi connectivity index (χ0) is 14.0. The Morgan fingerprint density at radius 2 is 1.95 bits per heavy atom. The fourth-order valence-corrected chi connectivity index (χ4v) is 3.18. The average molecular weight is 325 g/mol. The van der Waals surface area contributed by atoms with Gasteiger partial charge in [-0.15, -0.1) is 0 Å². The van der Waals surface area contributed by atoms with Gasteiger partial charge < -0.3 is 5.73 Å². The van der Waals surface area contributed by atoms with Crippen LogP contribution in [0.3, 0.4) is 0 Å². The molecule has 1 aromatic carbocycles. The summed E-state index contributed by atoms with van der Waals surface area (Å²) in [5.74, 6) is 0. The summed E-state index contributed by atoms with van der Waals surface area (Å²) in [5, 5.41) is 0. The van der Waals surface area contributed by atoms with Gasteiger partial charge >= 0.3 is 0 Å². The Labute approximate surface area is 125 Å². The van der Waals surface area contributed by atoms with E-state index in [2.05, 4.69) is 53.9 Å². The van der Waals surface area contributed by atoms with Gasteiger partial charge in [0.1, 0.15) is 0 Å². The van der Waals surface area contributed by atoms with E-state index in [1.165, 1.54) is 31.2 Å². The van der Waals surface area contributed by atoms with Gasteiger partial charge in [-0.3, -0.25) is 4.90 Å². The van der Waals surface area contributed by atoms with Gasteiger partial charge in [0.25, 0.3) is 0 Å². The highest BCUT2D eigenvalue weighted by Crippen LogP contribution is 2.37. The largest absolute Gasteiger partial charge is 0.398 e. The molecular weight excluding hydrogens is 300 g/mol. The Balaban J connectivity index is 1.94. The summed E-state index contributed by atoms with van der Waals surface area (Å²) in [6.07, 6.45) is 5.31. The number of nitrogens with zero attached hydrogens (tertiary/aromatic N) is 1. The minimum Gasteiger partial charge on any atom is -0.398 e. The lowest BCUT2D eigenvalue weighted by Crippen LogP contribution is -2.36. The van der Waals surface area contributed by atoms with Crippen molar-refractivity contribution in [1.82, 2.24) is 4.90 Å². The van der Waals surface area contributed by atoms with Gasteiger partial charge in [0, 0.05) is 22.7 Å². The van der Waals surface area contributed by atoms with Crippen molar-refractivity contribution in [3.63, 3.8) is 0 Å². The second kappa shape index (κ2) is 5.84. The average Bonchev–Trinajstić information content (AvgIpc) is 2.33. The highest BCUT2D eigenvalue weighted by molar-refractivity contribution is 9.10. The van der Waals surface area contributed by atoms with E-state index >= 15 is 0 Å². The van der Waals surface area contributed by atoms with E-state index in [0.29, 0.717) is 5.41 Å². The Morgan fingerprint density at radius 3 is 2.53 bits per heavy atom. The second-order valence-electron chi connectivity index (χ2n) is 6.67. The van der Waals surface area contributed by atoms with Gasteiger partial charge in [-0.05, 0) is 71.8 Å². The number of rotatable bonds is 3. The maximum atomic E-state index is 5.94. The molecular formula is C16H25BrN2. The normalized spacial score (nSPS) is 19.8. The van der Waals surface area contributed by atoms with Crippen molar-refractivity contribution in [3.8, 4) is 0 Å². The van der Waals surface area contributed by atoms with Crippen LogP contribution in [-0.2, 0) is 6.54 Å². The number of nitrogens with two attached hydrogens (primary N) is 1. The van der Waals surface area contributed by atoms with Crippen molar-refractivity contribution >= 4 is 21.6 Å². The molecule has 0 aliphatic heterocycles. The SMILES string of the molecule is CN(Cc1ccc(Br)c(N)c1)C1CCC(C)(C)CC1. The first-order valence-corrected chi connectivity index (χ1v) is 7.91. The van der Waals surface area contributed by atoms with E-state index in [1.54, 1.807) is 0 Å². The summed E-state index contributed by atoms with van der Waals surface area (Å²) < 4.78 is 0.985. The van der Waals surface area contributed by atoms with Crippen LogP contribution in [-0.4, -0.2) is 18.0 Å². The molecule has 0 aromatic heterocycles. The van der Waals surface area contributed by atoms with Crippen LogP contribution in [0.4, 0.5) is 5.69 Å². The van der Waals surface area contributed by atoms with E-state index in [1.807, 2.05) is 6.07 Å². The van der Waals surface area contributed by atoms with Crippen LogP contribution in [0.5, 0.6) is 0 Å². The highest BCUT2D eigenvalue weighted by atomic mass is 79.9. The third kappa shape index (κ3) is 3.96. The molecule has 0 atom stereocenters. The summed E-state index contributed by atoms with van der Waals surface area (Å²) >= 11 is 3.45. The molecule has 0 amide bonds. The van der Waals surface area contributed by atoms with Gasteiger partial charge in [0.2, 0.25) is 0 Å². The first kappa shape index (κ1) is 14.9. The molecule has 1 aliphatic carbocycles. The first-order valence-electron chi connectivity index (χ1n) is 7.11. The summed E-state index contributed by atoms with van der Waals surface area (Å²) in [5.41, 5.74) is 8.61. The molecule has 2 N–H and O–H groups in total. The summed E-state index contributed by atoms with van der Waals surface area (Å²) in [6, 6.07) is 7.00. The lowest BCUT2D eigenvalue weighted by molar-refractivity contribution is 0.123. The molecule has 0 heterocycles. The summed E-state index contributed by atoms with van der Waals surface area (Å²) in [6.45, 7) is 5.76. The minimum absolute atomic E-state index is 0.541. The number of halogens is 1. The molecule has 2 rings (SSSR count). The lowest BCUT2D eigenvalue weighted by atomic mass is 9.75. The van der Waals surface area contributed by atoms with Crippen LogP contribution in [0, 0.1) is 5.41 Å². The molecule has 106 valence electrons. The van der Waals surface area contributed by atoms with E-state index in [4.69, 9.17) is 5.73 Å². The van der Waals surface area contributed by atoms with Crippen molar-refractivity contribution in [3.05, 3.63) is 28.2 Å². The molecule has 1 saturated carbocycles. The van der Waals surface area contributed by atoms with E-state index in [9.17, 15) is 0 Å². The van der Waals surface area contributed by atoms with Crippen LogP contribution < -0.4 is 5.73 Å².